The summed E-state index contributed by atoms with van der Waals surface area (Å²) >= 11 is 0. The Morgan fingerprint density at radius 1 is 1.14 bits per heavy atom. The molecular weight excluding hydrogens is 274 g/mol. The Bertz CT molecular complexity index is 745. The van der Waals surface area contributed by atoms with Gasteiger partial charge in [0.1, 0.15) is 5.75 Å². The maximum Gasteiger partial charge on any atom is 0.251 e. The lowest BCUT2D eigenvalue weighted by Gasteiger charge is -2.06. The van der Waals surface area contributed by atoms with Gasteiger partial charge in [0.15, 0.2) is 0 Å². The fourth-order valence-electron chi connectivity index (χ4n) is 2.28. The standard InChI is InChI=1S/C19H17NO2/c1-14-7-8-16-12-17(9-10-22-18(16)11-14)19(21)20-13-15-5-3-2-4-6-15/h2-12H,13H2,1H3,(H,20,21). The third kappa shape index (κ3) is 3.26. The van der Waals surface area contributed by atoms with E-state index < -0.39 is 0 Å². The molecule has 22 heavy (non-hydrogen) atoms. The Morgan fingerprint density at radius 3 is 2.77 bits per heavy atom. The molecule has 0 spiro atoms. The van der Waals surface area contributed by atoms with E-state index >= 15 is 0 Å². The van der Waals surface area contributed by atoms with Crippen LogP contribution < -0.4 is 10.1 Å². The van der Waals surface area contributed by atoms with Crippen LogP contribution in [0.1, 0.15) is 16.7 Å². The van der Waals surface area contributed by atoms with Gasteiger partial charge in [-0.15, -0.1) is 0 Å². The fourth-order valence-corrected chi connectivity index (χ4v) is 2.28. The van der Waals surface area contributed by atoms with Crippen LogP contribution in [0.2, 0.25) is 0 Å². The number of aryl methyl sites for hydroxylation is 1. The summed E-state index contributed by atoms with van der Waals surface area (Å²) in [6, 6.07) is 15.8. The van der Waals surface area contributed by atoms with Crippen molar-refractivity contribution in [2.75, 3.05) is 0 Å². The first-order valence-electron chi connectivity index (χ1n) is 7.20. The molecule has 3 nitrogen and oxygen atoms in total. The van der Waals surface area contributed by atoms with Gasteiger partial charge in [0, 0.05) is 17.7 Å². The number of carbonyl (C=O) groups is 1. The molecule has 1 aliphatic heterocycles. The van der Waals surface area contributed by atoms with Gasteiger partial charge in [-0.2, -0.15) is 0 Å². The zero-order valence-electron chi connectivity index (χ0n) is 12.4. The average Bonchev–Trinajstić information content (AvgIpc) is 2.75. The van der Waals surface area contributed by atoms with Gasteiger partial charge in [0.25, 0.3) is 5.91 Å². The van der Waals surface area contributed by atoms with E-state index in [4.69, 9.17) is 4.74 Å². The van der Waals surface area contributed by atoms with Crippen LogP contribution in [0, 0.1) is 6.92 Å². The Balaban J connectivity index is 1.76. The van der Waals surface area contributed by atoms with Crippen molar-refractivity contribution in [2.24, 2.45) is 0 Å². The summed E-state index contributed by atoms with van der Waals surface area (Å²) in [6.07, 6.45) is 5.09. The fraction of sp³-hybridized carbons (Fsp3) is 0.105. The van der Waals surface area contributed by atoms with E-state index in [9.17, 15) is 4.79 Å². The minimum atomic E-state index is -0.114. The molecule has 0 saturated heterocycles. The Kier molecular flexibility index (Phi) is 4.05. The molecule has 1 amide bonds. The highest BCUT2D eigenvalue weighted by atomic mass is 16.5. The molecule has 3 heteroatoms. The highest BCUT2D eigenvalue weighted by Crippen LogP contribution is 2.26. The predicted molar refractivity (Wildman–Crippen MR) is 87.2 cm³/mol. The van der Waals surface area contributed by atoms with Gasteiger partial charge < -0.3 is 10.1 Å². The van der Waals surface area contributed by atoms with Crippen LogP contribution >= 0.6 is 0 Å². The minimum Gasteiger partial charge on any atom is -0.464 e. The summed E-state index contributed by atoms with van der Waals surface area (Å²) in [6.45, 7) is 2.52. The van der Waals surface area contributed by atoms with Crippen LogP contribution in [0.25, 0.3) is 6.08 Å². The number of amides is 1. The van der Waals surface area contributed by atoms with Crippen LogP contribution in [0.15, 0.2) is 66.4 Å². The number of benzene rings is 2. The topological polar surface area (TPSA) is 38.3 Å². The quantitative estimate of drug-likeness (QED) is 0.938. The van der Waals surface area contributed by atoms with Crippen molar-refractivity contribution in [1.82, 2.24) is 5.32 Å². The summed E-state index contributed by atoms with van der Waals surface area (Å²) in [5.41, 5.74) is 3.68. The molecule has 110 valence electrons. The predicted octanol–water partition coefficient (Wildman–Crippen LogP) is 3.60. The molecule has 0 bridgehead atoms. The first-order valence-corrected chi connectivity index (χ1v) is 7.20. The monoisotopic (exact) mass is 291 g/mol. The smallest absolute Gasteiger partial charge is 0.251 e. The largest absolute Gasteiger partial charge is 0.464 e. The van der Waals surface area contributed by atoms with E-state index in [1.807, 2.05) is 61.5 Å². The minimum absolute atomic E-state index is 0.114. The molecule has 0 unspecified atom stereocenters. The first kappa shape index (κ1) is 14.1. The number of hydrogen-bond donors (Lipinski definition) is 1. The van der Waals surface area contributed by atoms with Gasteiger partial charge in [-0.05, 0) is 36.3 Å². The molecule has 1 heterocycles. The molecule has 2 aromatic rings. The molecular formula is C19H17NO2. The first-order chi connectivity index (χ1) is 10.7. The van der Waals surface area contributed by atoms with Crippen LogP contribution in [0.4, 0.5) is 0 Å². The zero-order chi connectivity index (χ0) is 15.4. The maximum atomic E-state index is 12.3. The Morgan fingerprint density at radius 2 is 1.95 bits per heavy atom. The third-order valence-electron chi connectivity index (χ3n) is 3.48. The second-order valence-electron chi connectivity index (χ2n) is 5.23. The summed E-state index contributed by atoms with van der Waals surface area (Å²) in [5.74, 6) is 0.652. The molecule has 0 aromatic heterocycles. The maximum absolute atomic E-state index is 12.3. The third-order valence-corrected chi connectivity index (χ3v) is 3.48. The molecule has 1 N–H and O–H groups in total. The second kappa shape index (κ2) is 6.31. The van der Waals surface area contributed by atoms with Crippen LogP contribution in [-0.4, -0.2) is 5.91 Å². The van der Waals surface area contributed by atoms with Crippen molar-refractivity contribution >= 4 is 12.0 Å². The number of nitrogens with one attached hydrogen (secondary N) is 1. The summed E-state index contributed by atoms with van der Waals surface area (Å²) in [5, 5.41) is 2.92. The molecule has 0 fully saturated rings. The lowest BCUT2D eigenvalue weighted by Crippen LogP contribution is -2.23. The highest BCUT2D eigenvalue weighted by Gasteiger charge is 2.11. The number of rotatable bonds is 3. The van der Waals surface area contributed by atoms with Crippen molar-refractivity contribution < 1.29 is 9.53 Å². The van der Waals surface area contributed by atoms with Gasteiger partial charge in [-0.25, -0.2) is 0 Å². The van der Waals surface area contributed by atoms with Crippen LogP contribution in [0.3, 0.4) is 0 Å². The number of ether oxygens (including phenoxy) is 1. The van der Waals surface area contributed by atoms with Crippen molar-refractivity contribution in [2.45, 2.75) is 13.5 Å². The van der Waals surface area contributed by atoms with E-state index in [0.29, 0.717) is 12.1 Å². The van der Waals surface area contributed by atoms with Crippen molar-refractivity contribution in [3.63, 3.8) is 0 Å². The highest BCUT2D eigenvalue weighted by molar-refractivity contribution is 6.01. The van der Waals surface area contributed by atoms with E-state index in [1.54, 1.807) is 12.3 Å². The van der Waals surface area contributed by atoms with Crippen molar-refractivity contribution in [1.29, 1.82) is 0 Å². The van der Waals surface area contributed by atoms with Crippen molar-refractivity contribution in [3.8, 4) is 5.75 Å². The molecule has 1 aliphatic rings. The summed E-state index contributed by atoms with van der Waals surface area (Å²) in [4.78, 5) is 12.3. The second-order valence-corrected chi connectivity index (χ2v) is 5.23. The molecule has 3 rings (SSSR count). The number of hydrogen-bond acceptors (Lipinski definition) is 2. The summed E-state index contributed by atoms with van der Waals surface area (Å²) in [7, 11) is 0. The normalized spacial score (nSPS) is 12.7. The van der Waals surface area contributed by atoms with E-state index in [2.05, 4.69) is 5.32 Å². The molecule has 0 saturated carbocycles. The molecule has 2 aromatic carbocycles. The molecule has 0 atom stereocenters. The van der Waals surface area contributed by atoms with E-state index in [1.165, 1.54) is 0 Å². The van der Waals surface area contributed by atoms with Crippen LogP contribution in [0.5, 0.6) is 5.75 Å². The summed E-state index contributed by atoms with van der Waals surface area (Å²) < 4.78 is 5.56. The zero-order valence-corrected chi connectivity index (χ0v) is 12.4. The van der Waals surface area contributed by atoms with Gasteiger partial charge in [0.2, 0.25) is 0 Å². The number of carbonyl (C=O) groups excluding carboxylic acids is 1. The van der Waals surface area contributed by atoms with E-state index in [-0.39, 0.29) is 5.91 Å². The molecule has 0 radical (unpaired) electrons. The Labute approximate surface area is 129 Å². The van der Waals surface area contributed by atoms with Gasteiger partial charge in [-0.1, -0.05) is 42.5 Å². The SMILES string of the molecule is Cc1ccc2c(c1)OC=CC(C(=O)NCc1ccccc1)=C2. The van der Waals surface area contributed by atoms with Gasteiger partial charge in [-0.3, -0.25) is 4.79 Å². The Hall–Kier alpha value is -2.81. The lowest BCUT2D eigenvalue weighted by atomic mass is 10.1. The number of fused-ring (bicyclic) bond motifs is 1. The lowest BCUT2D eigenvalue weighted by molar-refractivity contribution is -0.117. The molecule has 0 aliphatic carbocycles. The van der Waals surface area contributed by atoms with Crippen LogP contribution in [-0.2, 0) is 11.3 Å². The average molecular weight is 291 g/mol. The van der Waals surface area contributed by atoms with Gasteiger partial charge >= 0.3 is 0 Å². The van der Waals surface area contributed by atoms with Gasteiger partial charge in [0.05, 0.1) is 6.26 Å². The van der Waals surface area contributed by atoms with Crippen molar-refractivity contribution in [3.05, 3.63) is 83.1 Å². The van der Waals surface area contributed by atoms with E-state index in [0.717, 1.165) is 22.4 Å².